The number of benzene rings is 1. The van der Waals surface area contributed by atoms with Gasteiger partial charge in [0, 0.05) is 26.6 Å². The van der Waals surface area contributed by atoms with Crippen molar-refractivity contribution >= 4 is 23.0 Å². The van der Waals surface area contributed by atoms with Crippen molar-refractivity contribution in [1.29, 1.82) is 0 Å². The predicted molar refractivity (Wildman–Crippen MR) is 70.5 cm³/mol. The summed E-state index contributed by atoms with van der Waals surface area (Å²) in [5.74, 6) is 1.62. The van der Waals surface area contributed by atoms with Gasteiger partial charge in [-0.3, -0.25) is 0 Å². The molecule has 1 aliphatic heterocycles. The zero-order valence-corrected chi connectivity index (χ0v) is 10.3. The first kappa shape index (κ1) is 11.0. The summed E-state index contributed by atoms with van der Waals surface area (Å²) in [6.45, 7) is 0.603. The molecule has 0 saturated carbocycles. The monoisotopic (exact) mass is 242 g/mol. The lowest BCUT2D eigenvalue weighted by molar-refractivity contribution is 0.185. The summed E-state index contributed by atoms with van der Waals surface area (Å²) in [7, 11) is 3.68. The molecule has 3 rings (SSSR count). The molecule has 2 heterocycles. The number of nitrogens with one attached hydrogen (secondary N) is 1. The second-order valence-electron chi connectivity index (χ2n) is 4.20. The van der Waals surface area contributed by atoms with E-state index in [9.17, 15) is 0 Å². The molecule has 0 fully saturated rings. The number of hydrogen-bond acceptors (Lipinski definition) is 5. The molecule has 5 heteroatoms. The minimum absolute atomic E-state index is 0.603. The van der Waals surface area contributed by atoms with E-state index in [0.717, 1.165) is 28.6 Å². The molecular formula is C13H14N4O. The van der Waals surface area contributed by atoms with Gasteiger partial charge in [0.15, 0.2) is 11.6 Å². The van der Waals surface area contributed by atoms with Crippen molar-refractivity contribution in [2.75, 3.05) is 24.4 Å². The molecule has 92 valence electrons. The van der Waals surface area contributed by atoms with Gasteiger partial charge in [0.25, 0.3) is 0 Å². The third-order valence-electron chi connectivity index (χ3n) is 2.98. The molecule has 5 nitrogen and oxygen atoms in total. The number of anilines is 4. The molecule has 1 aliphatic rings. The molecule has 0 amide bonds. The largest absolute Gasteiger partial charge is 0.380 e. The number of ether oxygens (including phenoxy) is 1. The molecule has 18 heavy (non-hydrogen) atoms. The van der Waals surface area contributed by atoms with Crippen LogP contribution < -0.4 is 10.2 Å². The standard InChI is InChI=1S/C13H14N4O/c1-17-11-4-3-9(8-18-2)7-10(11)16-12-13(17)15-6-5-14-12/h3-7H,8H2,1-2H3,(H,14,16). The van der Waals surface area contributed by atoms with Gasteiger partial charge in [0.05, 0.1) is 18.0 Å². The van der Waals surface area contributed by atoms with Crippen molar-refractivity contribution in [3.63, 3.8) is 0 Å². The van der Waals surface area contributed by atoms with Crippen LogP contribution in [0.4, 0.5) is 23.0 Å². The highest BCUT2D eigenvalue weighted by Crippen LogP contribution is 2.40. The van der Waals surface area contributed by atoms with Crippen molar-refractivity contribution in [1.82, 2.24) is 9.97 Å². The molecule has 1 aromatic heterocycles. The van der Waals surface area contributed by atoms with Crippen molar-refractivity contribution in [2.24, 2.45) is 0 Å². The van der Waals surface area contributed by atoms with E-state index in [-0.39, 0.29) is 0 Å². The number of nitrogens with zero attached hydrogens (tertiary/aromatic N) is 3. The normalized spacial score (nSPS) is 12.7. The van der Waals surface area contributed by atoms with E-state index >= 15 is 0 Å². The Bertz CT molecular complexity index is 585. The zero-order valence-electron chi connectivity index (χ0n) is 10.3. The van der Waals surface area contributed by atoms with Crippen LogP contribution in [0.2, 0.25) is 0 Å². The van der Waals surface area contributed by atoms with Crippen LogP contribution in [0.25, 0.3) is 0 Å². The minimum Gasteiger partial charge on any atom is -0.380 e. The van der Waals surface area contributed by atoms with E-state index in [4.69, 9.17) is 4.74 Å². The molecular weight excluding hydrogens is 228 g/mol. The average molecular weight is 242 g/mol. The summed E-state index contributed by atoms with van der Waals surface area (Å²) in [6, 6.07) is 6.20. The number of methoxy groups -OCH3 is 1. The lowest BCUT2D eigenvalue weighted by Crippen LogP contribution is -2.19. The Hall–Kier alpha value is -2.14. The Kier molecular flexibility index (Phi) is 2.60. The Balaban J connectivity index is 2.05. The van der Waals surface area contributed by atoms with E-state index in [1.165, 1.54) is 0 Å². The predicted octanol–water partition coefficient (Wildman–Crippen LogP) is 2.45. The van der Waals surface area contributed by atoms with Crippen molar-refractivity contribution in [3.05, 3.63) is 36.2 Å². The van der Waals surface area contributed by atoms with Crippen molar-refractivity contribution < 1.29 is 4.74 Å². The lowest BCUT2D eigenvalue weighted by atomic mass is 10.1. The van der Waals surface area contributed by atoms with Gasteiger partial charge >= 0.3 is 0 Å². The maximum atomic E-state index is 5.15. The van der Waals surface area contributed by atoms with Crippen LogP contribution in [0.1, 0.15) is 5.56 Å². The summed E-state index contributed by atoms with van der Waals surface area (Å²) in [5.41, 5.74) is 3.24. The van der Waals surface area contributed by atoms with Gasteiger partial charge in [0.2, 0.25) is 0 Å². The van der Waals surface area contributed by atoms with Gasteiger partial charge in [-0.25, -0.2) is 9.97 Å². The molecule has 1 aromatic carbocycles. The van der Waals surface area contributed by atoms with Gasteiger partial charge < -0.3 is 15.0 Å². The van der Waals surface area contributed by atoms with Crippen LogP contribution in [-0.2, 0) is 11.3 Å². The van der Waals surface area contributed by atoms with Gasteiger partial charge in [-0.1, -0.05) is 6.07 Å². The Morgan fingerprint density at radius 2 is 2.11 bits per heavy atom. The maximum absolute atomic E-state index is 5.15. The first-order valence-corrected chi connectivity index (χ1v) is 5.73. The summed E-state index contributed by atoms with van der Waals surface area (Å²) >= 11 is 0. The van der Waals surface area contributed by atoms with E-state index in [1.54, 1.807) is 19.5 Å². The maximum Gasteiger partial charge on any atom is 0.176 e. The van der Waals surface area contributed by atoms with Crippen LogP contribution in [-0.4, -0.2) is 24.1 Å². The van der Waals surface area contributed by atoms with E-state index in [2.05, 4.69) is 33.5 Å². The SMILES string of the molecule is COCc1ccc2c(c1)Nc1nccnc1N2C. The van der Waals surface area contributed by atoms with Crippen LogP contribution in [0.15, 0.2) is 30.6 Å². The molecule has 0 saturated heterocycles. The summed E-state index contributed by atoms with van der Waals surface area (Å²) in [6.07, 6.45) is 3.38. The van der Waals surface area contributed by atoms with Crippen molar-refractivity contribution in [3.8, 4) is 0 Å². The molecule has 0 spiro atoms. The average Bonchev–Trinajstić information content (AvgIpc) is 2.39. The van der Waals surface area contributed by atoms with Crippen LogP contribution in [0, 0.1) is 0 Å². The molecule has 0 unspecified atom stereocenters. The van der Waals surface area contributed by atoms with E-state index in [0.29, 0.717) is 6.61 Å². The fourth-order valence-corrected chi connectivity index (χ4v) is 2.14. The lowest BCUT2D eigenvalue weighted by Gasteiger charge is -2.28. The first-order valence-electron chi connectivity index (χ1n) is 5.73. The highest BCUT2D eigenvalue weighted by Gasteiger charge is 2.21. The molecule has 0 bridgehead atoms. The Morgan fingerprint density at radius 1 is 1.28 bits per heavy atom. The molecule has 0 aliphatic carbocycles. The third-order valence-corrected chi connectivity index (χ3v) is 2.98. The summed E-state index contributed by atoms with van der Waals surface area (Å²) in [5, 5.41) is 3.30. The van der Waals surface area contributed by atoms with Crippen molar-refractivity contribution in [2.45, 2.75) is 6.61 Å². The number of aromatic nitrogens is 2. The highest BCUT2D eigenvalue weighted by atomic mass is 16.5. The van der Waals surface area contributed by atoms with E-state index in [1.807, 2.05) is 11.9 Å². The summed E-state index contributed by atoms with van der Waals surface area (Å²) < 4.78 is 5.15. The number of fused-ring (bicyclic) bond motifs is 2. The first-order chi connectivity index (χ1) is 8.79. The zero-order chi connectivity index (χ0) is 12.5. The van der Waals surface area contributed by atoms with Crippen LogP contribution >= 0.6 is 0 Å². The van der Waals surface area contributed by atoms with Gasteiger partial charge in [-0.05, 0) is 17.7 Å². The number of rotatable bonds is 2. The quantitative estimate of drug-likeness (QED) is 0.876. The van der Waals surface area contributed by atoms with Crippen LogP contribution in [0.5, 0.6) is 0 Å². The van der Waals surface area contributed by atoms with Gasteiger partial charge in [-0.15, -0.1) is 0 Å². The molecule has 0 radical (unpaired) electrons. The van der Waals surface area contributed by atoms with Gasteiger partial charge in [-0.2, -0.15) is 0 Å². The van der Waals surface area contributed by atoms with Crippen LogP contribution in [0.3, 0.4) is 0 Å². The summed E-state index contributed by atoms with van der Waals surface area (Å²) in [4.78, 5) is 10.7. The molecule has 0 atom stereocenters. The Labute approximate surface area is 105 Å². The second-order valence-corrected chi connectivity index (χ2v) is 4.20. The third kappa shape index (κ3) is 1.69. The topological polar surface area (TPSA) is 50.3 Å². The fourth-order valence-electron chi connectivity index (χ4n) is 2.14. The smallest absolute Gasteiger partial charge is 0.176 e. The molecule has 1 N–H and O–H groups in total. The van der Waals surface area contributed by atoms with E-state index < -0.39 is 0 Å². The fraction of sp³-hybridized carbons (Fsp3) is 0.231. The van der Waals surface area contributed by atoms with Gasteiger partial charge in [0.1, 0.15) is 0 Å². The minimum atomic E-state index is 0.603. The Morgan fingerprint density at radius 3 is 2.94 bits per heavy atom. The number of hydrogen-bond donors (Lipinski definition) is 1. The molecule has 2 aromatic rings. The second kappa shape index (κ2) is 4.27. The highest BCUT2D eigenvalue weighted by molar-refractivity contribution is 5.88.